The molecule has 1 aliphatic rings. The maximum Gasteiger partial charge on any atom is 0.335 e. The van der Waals surface area contributed by atoms with Gasteiger partial charge in [0.05, 0.1) is 10.5 Å². The zero-order valence-corrected chi connectivity index (χ0v) is 12.6. The second kappa shape index (κ2) is 5.57. The first-order valence-corrected chi connectivity index (χ1v) is 7.86. The van der Waals surface area contributed by atoms with E-state index in [1.807, 2.05) is 13.0 Å². The standard InChI is InChI=1S/C14H16FNO4S/c1-9-4-3-5-16(8-9)21(19,20)13-7-11(14(17)18)6-12(15)10(13)2/h4,6-7H,3,5,8H2,1-2H3,(H,17,18). The van der Waals surface area contributed by atoms with Gasteiger partial charge < -0.3 is 5.11 Å². The second-order valence-electron chi connectivity index (χ2n) is 5.06. The summed E-state index contributed by atoms with van der Waals surface area (Å²) in [7, 11) is -3.91. The maximum absolute atomic E-state index is 13.8. The molecule has 0 amide bonds. The Morgan fingerprint density at radius 2 is 2.00 bits per heavy atom. The van der Waals surface area contributed by atoms with Crippen molar-refractivity contribution in [3.8, 4) is 0 Å². The van der Waals surface area contributed by atoms with Gasteiger partial charge >= 0.3 is 5.97 Å². The smallest absolute Gasteiger partial charge is 0.335 e. The number of hydrogen-bond donors (Lipinski definition) is 1. The van der Waals surface area contributed by atoms with Gasteiger partial charge in [-0.2, -0.15) is 4.31 Å². The van der Waals surface area contributed by atoms with Gasteiger partial charge in [0.2, 0.25) is 10.0 Å². The van der Waals surface area contributed by atoms with Crippen molar-refractivity contribution in [1.29, 1.82) is 0 Å². The van der Waals surface area contributed by atoms with Gasteiger partial charge in [0.15, 0.2) is 0 Å². The SMILES string of the molecule is CC1=CCCN(S(=O)(=O)c2cc(C(=O)O)cc(F)c2C)C1. The molecule has 0 radical (unpaired) electrons. The molecule has 0 bridgehead atoms. The molecule has 1 aromatic carbocycles. The fourth-order valence-electron chi connectivity index (χ4n) is 2.27. The maximum atomic E-state index is 13.8. The minimum Gasteiger partial charge on any atom is -0.478 e. The van der Waals surface area contributed by atoms with Crippen LogP contribution in [0.4, 0.5) is 4.39 Å². The van der Waals surface area contributed by atoms with Crippen LogP contribution < -0.4 is 0 Å². The summed E-state index contributed by atoms with van der Waals surface area (Å²) in [6, 6.07) is 1.85. The molecule has 1 heterocycles. The molecule has 5 nitrogen and oxygen atoms in total. The van der Waals surface area contributed by atoms with Crippen LogP contribution in [0.25, 0.3) is 0 Å². The molecule has 0 atom stereocenters. The average Bonchev–Trinajstić information content (AvgIpc) is 2.41. The molecule has 0 fully saturated rings. The van der Waals surface area contributed by atoms with Crippen molar-refractivity contribution in [2.75, 3.05) is 13.1 Å². The lowest BCUT2D eigenvalue weighted by atomic mass is 10.1. The predicted molar refractivity (Wildman–Crippen MR) is 75.2 cm³/mol. The lowest BCUT2D eigenvalue weighted by Gasteiger charge is -2.26. The van der Waals surface area contributed by atoms with Crippen LogP contribution >= 0.6 is 0 Å². The number of sulfonamides is 1. The van der Waals surface area contributed by atoms with Crippen molar-refractivity contribution in [1.82, 2.24) is 4.31 Å². The van der Waals surface area contributed by atoms with E-state index in [0.717, 1.165) is 17.7 Å². The van der Waals surface area contributed by atoms with Crippen molar-refractivity contribution in [2.24, 2.45) is 0 Å². The molecule has 21 heavy (non-hydrogen) atoms. The number of rotatable bonds is 3. The molecule has 0 saturated carbocycles. The summed E-state index contributed by atoms with van der Waals surface area (Å²) in [5.41, 5.74) is 0.477. The Labute approximate surface area is 122 Å². The van der Waals surface area contributed by atoms with E-state index in [1.165, 1.54) is 11.2 Å². The number of benzene rings is 1. The minimum absolute atomic E-state index is 0.0628. The van der Waals surface area contributed by atoms with E-state index in [0.29, 0.717) is 13.0 Å². The Bertz CT molecular complexity index is 725. The molecular weight excluding hydrogens is 297 g/mol. The molecule has 1 N–H and O–H groups in total. The highest BCUT2D eigenvalue weighted by molar-refractivity contribution is 7.89. The highest BCUT2D eigenvalue weighted by Crippen LogP contribution is 2.26. The monoisotopic (exact) mass is 313 g/mol. The highest BCUT2D eigenvalue weighted by atomic mass is 32.2. The number of carbonyl (C=O) groups is 1. The summed E-state index contributed by atoms with van der Waals surface area (Å²) < 4.78 is 40.3. The van der Waals surface area contributed by atoms with Gasteiger partial charge in [-0.05, 0) is 32.4 Å². The van der Waals surface area contributed by atoms with E-state index in [2.05, 4.69) is 0 Å². The van der Waals surface area contributed by atoms with Gasteiger partial charge in [-0.25, -0.2) is 17.6 Å². The molecule has 7 heteroatoms. The molecule has 1 aromatic rings. The fraction of sp³-hybridized carbons (Fsp3) is 0.357. The van der Waals surface area contributed by atoms with Crippen molar-refractivity contribution >= 4 is 16.0 Å². The summed E-state index contributed by atoms with van der Waals surface area (Å²) in [5, 5.41) is 8.96. The first-order valence-electron chi connectivity index (χ1n) is 6.42. The number of carboxylic acids is 1. The van der Waals surface area contributed by atoms with Crippen LogP contribution in [0.2, 0.25) is 0 Å². The normalized spacial score (nSPS) is 16.6. The van der Waals surface area contributed by atoms with Crippen molar-refractivity contribution < 1.29 is 22.7 Å². The van der Waals surface area contributed by atoms with Crippen molar-refractivity contribution in [2.45, 2.75) is 25.2 Å². The largest absolute Gasteiger partial charge is 0.478 e. The van der Waals surface area contributed by atoms with Crippen molar-refractivity contribution in [3.05, 3.63) is 40.7 Å². The second-order valence-corrected chi connectivity index (χ2v) is 6.97. The number of carboxylic acid groups (broad SMARTS) is 1. The molecule has 1 aliphatic heterocycles. The Hall–Kier alpha value is -1.73. The highest BCUT2D eigenvalue weighted by Gasteiger charge is 2.29. The van der Waals surface area contributed by atoms with Gasteiger partial charge in [-0.3, -0.25) is 0 Å². The van der Waals surface area contributed by atoms with Gasteiger partial charge in [0.1, 0.15) is 5.82 Å². The Kier molecular flexibility index (Phi) is 4.15. The number of nitrogens with zero attached hydrogens (tertiary/aromatic N) is 1. The van der Waals surface area contributed by atoms with Crippen LogP contribution in [-0.2, 0) is 10.0 Å². The van der Waals surface area contributed by atoms with Crippen LogP contribution in [0.1, 0.15) is 29.3 Å². The van der Waals surface area contributed by atoms with Gasteiger partial charge in [0, 0.05) is 18.7 Å². The van der Waals surface area contributed by atoms with E-state index in [4.69, 9.17) is 5.11 Å². The molecule has 114 valence electrons. The first-order chi connectivity index (χ1) is 9.73. The Morgan fingerprint density at radius 3 is 2.57 bits per heavy atom. The minimum atomic E-state index is -3.91. The Morgan fingerprint density at radius 1 is 1.33 bits per heavy atom. The first kappa shape index (κ1) is 15.7. The topological polar surface area (TPSA) is 74.7 Å². The lowest BCUT2D eigenvalue weighted by molar-refractivity contribution is 0.0696. The molecule has 0 aromatic heterocycles. The lowest BCUT2D eigenvalue weighted by Crippen LogP contribution is -2.36. The van der Waals surface area contributed by atoms with Crippen LogP contribution in [0.15, 0.2) is 28.7 Å². The number of halogens is 1. The van der Waals surface area contributed by atoms with E-state index in [9.17, 15) is 17.6 Å². The molecule has 0 saturated heterocycles. The molecular formula is C14H16FNO4S. The molecule has 0 aliphatic carbocycles. The van der Waals surface area contributed by atoms with Crippen LogP contribution in [-0.4, -0.2) is 36.9 Å². The number of hydrogen-bond acceptors (Lipinski definition) is 3. The average molecular weight is 313 g/mol. The summed E-state index contributed by atoms with van der Waals surface area (Å²) in [6.45, 7) is 3.70. The summed E-state index contributed by atoms with van der Waals surface area (Å²) in [5.74, 6) is -2.20. The summed E-state index contributed by atoms with van der Waals surface area (Å²) in [6.07, 6.45) is 2.54. The fourth-order valence-corrected chi connectivity index (χ4v) is 4.02. The zero-order chi connectivity index (χ0) is 15.8. The van der Waals surface area contributed by atoms with E-state index in [1.54, 1.807) is 0 Å². The quantitative estimate of drug-likeness (QED) is 0.868. The van der Waals surface area contributed by atoms with Gasteiger partial charge in [-0.1, -0.05) is 11.6 Å². The number of aromatic carboxylic acids is 1. The third-order valence-corrected chi connectivity index (χ3v) is 5.43. The Balaban J connectivity index is 2.54. The predicted octanol–water partition coefficient (Wildman–Crippen LogP) is 2.17. The van der Waals surface area contributed by atoms with Crippen LogP contribution in [0.3, 0.4) is 0 Å². The van der Waals surface area contributed by atoms with Crippen LogP contribution in [0, 0.1) is 12.7 Å². The van der Waals surface area contributed by atoms with E-state index < -0.39 is 21.8 Å². The van der Waals surface area contributed by atoms with Crippen LogP contribution in [0.5, 0.6) is 0 Å². The summed E-state index contributed by atoms with van der Waals surface area (Å²) >= 11 is 0. The zero-order valence-electron chi connectivity index (χ0n) is 11.8. The van der Waals surface area contributed by atoms with Crippen molar-refractivity contribution in [3.63, 3.8) is 0 Å². The molecule has 2 rings (SSSR count). The van der Waals surface area contributed by atoms with Gasteiger partial charge in [-0.15, -0.1) is 0 Å². The molecule has 0 unspecified atom stereocenters. The van der Waals surface area contributed by atoms with E-state index in [-0.39, 0.29) is 22.6 Å². The molecule has 0 spiro atoms. The third-order valence-electron chi connectivity index (χ3n) is 3.46. The van der Waals surface area contributed by atoms with E-state index >= 15 is 0 Å². The van der Waals surface area contributed by atoms with Gasteiger partial charge in [0.25, 0.3) is 0 Å². The third kappa shape index (κ3) is 2.98. The summed E-state index contributed by atoms with van der Waals surface area (Å²) in [4.78, 5) is 10.7.